The first kappa shape index (κ1) is 31.1. The molecule has 0 heterocycles. The topological polar surface area (TPSA) is 9.23 Å². The van der Waals surface area contributed by atoms with Gasteiger partial charge in [0.15, 0.2) is 0 Å². The quantitative estimate of drug-likeness (QED) is 0.117. The summed E-state index contributed by atoms with van der Waals surface area (Å²) in [4.78, 5) is -0.188. The van der Waals surface area contributed by atoms with E-state index >= 15 is 17.6 Å². The van der Waals surface area contributed by atoms with Gasteiger partial charge in [-0.15, -0.1) is 0 Å². The average molecular weight is 607 g/mol. The van der Waals surface area contributed by atoms with Gasteiger partial charge in [-0.2, -0.15) is 17.6 Å². The summed E-state index contributed by atoms with van der Waals surface area (Å²) in [7, 11) is 0. The van der Waals surface area contributed by atoms with Gasteiger partial charge in [-0.25, -0.2) is 12.4 Å². The van der Waals surface area contributed by atoms with E-state index in [1.165, 1.54) is 24.3 Å². The van der Waals surface area contributed by atoms with E-state index in [1.54, 1.807) is 24.3 Å². The number of benzene rings is 4. The van der Waals surface area contributed by atoms with E-state index in [-0.39, 0.29) is 20.9 Å². The fourth-order valence-electron chi connectivity index (χ4n) is 4.38. The number of aryl methyl sites for hydroxylation is 2. The molecular formula is C32H28F6OS2. The average Bonchev–Trinajstić information content (AvgIpc) is 2.95. The van der Waals surface area contributed by atoms with Gasteiger partial charge in [-0.3, -0.25) is 0 Å². The van der Waals surface area contributed by atoms with Gasteiger partial charge in [0, 0.05) is 56.1 Å². The van der Waals surface area contributed by atoms with Crippen LogP contribution < -0.4 is 0 Å². The molecule has 0 saturated heterocycles. The Hall–Kier alpha value is -2.88. The molecule has 216 valence electrons. The van der Waals surface area contributed by atoms with Gasteiger partial charge in [0.2, 0.25) is 0 Å². The Bertz CT molecular complexity index is 1350. The summed E-state index contributed by atoms with van der Waals surface area (Å²) >= 11 is 0.976. The fourth-order valence-corrected chi connectivity index (χ4v) is 5.90. The largest absolute Gasteiger partial charge is 0.299 e. The smallest absolute Gasteiger partial charge is 0.237 e. The zero-order valence-electron chi connectivity index (χ0n) is 22.4. The standard InChI is InChI=1S/C32H28F6OS2/c1-3-5-21-7-11-23(12-8-21)31(35,36)27-19-25(33)15-17-29(27)40-39-41-30-18-16-26(34)20-28(30)32(37,38)24-13-9-22(6-4-2)10-14-24/h7-20H,3-6H2,1-2H3. The summed E-state index contributed by atoms with van der Waals surface area (Å²) in [6.07, 6.45) is 3.21. The van der Waals surface area contributed by atoms with E-state index in [4.69, 9.17) is 3.63 Å². The first-order valence-electron chi connectivity index (χ1n) is 13.1. The maximum Gasteiger partial charge on any atom is 0.299 e. The molecule has 0 unspecified atom stereocenters. The van der Waals surface area contributed by atoms with Gasteiger partial charge in [-0.1, -0.05) is 75.2 Å². The molecule has 4 aromatic rings. The van der Waals surface area contributed by atoms with Crippen molar-refractivity contribution in [3.63, 3.8) is 0 Å². The third-order valence-electron chi connectivity index (χ3n) is 6.52. The van der Waals surface area contributed by atoms with Crippen molar-refractivity contribution in [2.45, 2.75) is 61.2 Å². The zero-order chi connectivity index (χ0) is 29.6. The van der Waals surface area contributed by atoms with Crippen molar-refractivity contribution in [2.75, 3.05) is 0 Å². The minimum Gasteiger partial charge on any atom is -0.237 e. The monoisotopic (exact) mass is 606 g/mol. The molecule has 0 amide bonds. The van der Waals surface area contributed by atoms with Gasteiger partial charge in [-0.05, 0) is 60.4 Å². The van der Waals surface area contributed by atoms with Crippen molar-refractivity contribution >= 4 is 24.1 Å². The zero-order valence-corrected chi connectivity index (χ0v) is 24.0. The Morgan fingerprint density at radius 2 is 0.927 bits per heavy atom. The second kappa shape index (κ2) is 13.4. The number of halogens is 6. The molecule has 1 nitrogen and oxygen atoms in total. The summed E-state index contributed by atoms with van der Waals surface area (Å²) in [5, 5.41) is 0. The predicted octanol–water partition coefficient (Wildman–Crippen LogP) is 10.9. The van der Waals surface area contributed by atoms with E-state index in [1.807, 2.05) is 13.8 Å². The minimum atomic E-state index is -3.55. The molecule has 0 aromatic heterocycles. The number of hydrogen-bond donors (Lipinski definition) is 0. The molecule has 0 bridgehead atoms. The Labute approximate surface area is 244 Å². The van der Waals surface area contributed by atoms with Crippen molar-refractivity contribution in [2.24, 2.45) is 0 Å². The molecule has 0 N–H and O–H groups in total. The van der Waals surface area contributed by atoms with Crippen molar-refractivity contribution in [3.05, 3.63) is 130 Å². The lowest BCUT2D eigenvalue weighted by molar-refractivity contribution is 0.0391. The molecule has 0 aliphatic rings. The second-order valence-electron chi connectivity index (χ2n) is 9.56. The summed E-state index contributed by atoms with van der Waals surface area (Å²) < 4.78 is 95.8. The first-order valence-corrected chi connectivity index (χ1v) is 14.6. The molecule has 4 rings (SSSR count). The molecule has 0 aliphatic carbocycles. The van der Waals surface area contributed by atoms with E-state index in [2.05, 4.69) is 0 Å². The number of hydrogen-bond acceptors (Lipinski definition) is 3. The predicted molar refractivity (Wildman–Crippen MR) is 152 cm³/mol. The van der Waals surface area contributed by atoms with Crippen LogP contribution in [0.4, 0.5) is 26.3 Å². The van der Waals surface area contributed by atoms with E-state index in [0.29, 0.717) is 24.1 Å². The summed E-state index contributed by atoms with van der Waals surface area (Å²) in [6.45, 7) is 3.97. The summed E-state index contributed by atoms with van der Waals surface area (Å²) in [5.74, 6) is -8.82. The van der Waals surface area contributed by atoms with Crippen LogP contribution in [0.1, 0.15) is 60.1 Å². The lowest BCUT2D eigenvalue weighted by Crippen LogP contribution is -2.17. The maximum atomic E-state index is 15.5. The van der Waals surface area contributed by atoms with Gasteiger partial charge in [0.25, 0.3) is 11.8 Å². The van der Waals surface area contributed by atoms with Crippen LogP contribution in [0, 0.1) is 11.6 Å². The highest BCUT2D eigenvalue weighted by molar-refractivity contribution is 8.08. The lowest BCUT2D eigenvalue weighted by atomic mass is 9.98. The highest BCUT2D eigenvalue weighted by atomic mass is 32.2. The summed E-state index contributed by atoms with van der Waals surface area (Å²) in [5.41, 5.74) is -0.0639. The second-order valence-corrected chi connectivity index (χ2v) is 11.3. The third kappa shape index (κ3) is 7.31. The van der Waals surface area contributed by atoms with Crippen LogP contribution in [-0.2, 0) is 28.3 Å². The number of rotatable bonds is 12. The molecule has 0 atom stereocenters. The van der Waals surface area contributed by atoms with Gasteiger partial charge < -0.3 is 0 Å². The van der Waals surface area contributed by atoms with Crippen molar-refractivity contribution < 1.29 is 30.0 Å². The van der Waals surface area contributed by atoms with Crippen LogP contribution in [-0.4, -0.2) is 0 Å². The van der Waals surface area contributed by atoms with Crippen LogP contribution in [0.5, 0.6) is 0 Å². The molecule has 4 aromatic carbocycles. The van der Waals surface area contributed by atoms with E-state index in [0.717, 1.165) is 73.2 Å². The van der Waals surface area contributed by atoms with Crippen LogP contribution >= 0.6 is 24.1 Å². The Morgan fingerprint density at radius 3 is 1.27 bits per heavy atom. The van der Waals surface area contributed by atoms with E-state index in [9.17, 15) is 8.78 Å². The van der Waals surface area contributed by atoms with Crippen molar-refractivity contribution in [1.82, 2.24) is 0 Å². The molecule has 0 aliphatic heterocycles. The van der Waals surface area contributed by atoms with Gasteiger partial charge in [0.1, 0.15) is 11.6 Å². The van der Waals surface area contributed by atoms with Gasteiger partial charge >= 0.3 is 0 Å². The molecule has 0 fully saturated rings. The highest BCUT2D eigenvalue weighted by Gasteiger charge is 2.38. The SMILES string of the molecule is CCCc1ccc(C(F)(F)c2cc(F)ccc2SOSc2ccc(F)cc2C(F)(F)c2ccc(CCC)cc2)cc1. The van der Waals surface area contributed by atoms with Crippen LogP contribution in [0.15, 0.2) is 94.7 Å². The van der Waals surface area contributed by atoms with E-state index < -0.39 is 34.6 Å². The Morgan fingerprint density at radius 1 is 0.561 bits per heavy atom. The van der Waals surface area contributed by atoms with Crippen LogP contribution in [0.3, 0.4) is 0 Å². The summed E-state index contributed by atoms with van der Waals surface area (Å²) in [6, 6.07) is 17.5. The molecular weight excluding hydrogens is 578 g/mol. The van der Waals surface area contributed by atoms with Crippen LogP contribution in [0.2, 0.25) is 0 Å². The Kier molecular flexibility index (Phi) is 10.2. The van der Waals surface area contributed by atoms with Crippen molar-refractivity contribution in [1.29, 1.82) is 0 Å². The number of alkyl halides is 4. The highest BCUT2D eigenvalue weighted by Crippen LogP contribution is 2.45. The normalized spacial score (nSPS) is 12.1. The van der Waals surface area contributed by atoms with Gasteiger partial charge in [0.05, 0.1) is 0 Å². The Balaban J connectivity index is 1.57. The first-order chi connectivity index (χ1) is 19.6. The van der Waals surface area contributed by atoms with Crippen LogP contribution in [0.25, 0.3) is 0 Å². The molecule has 0 spiro atoms. The van der Waals surface area contributed by atoms with Crippen molar-refractivity contribution in [3.8, 4) is 0 Å². The lowest BCUT2D eigenvalue weighted by Gasteiger charge is -2.21. The third-order valence-corrected chi connectivity index (χ3v) is 8.13. The maximum absolute atomic E-state index is 15.5. The fraction of sp³-hybridized carbons (Fsp3) is 0.250. The molecule has 41 heavy (non-hydrogen) atoms. The molecule has 9 heteroatoms. The minimum absolute atomic E-state index is 0.0940. The molecule has 0 radical (unpaired) electrons. The molecule has 0 saturated carbocycles.